The number of anilines is 1. The second-order valence-electron chi connectivity index (χ2n) is 7.78. The van der Waals surface area contributed by atoms with E-state index in [1.165, 1.54) is 10.5 Å². The Balaban J connectivity index is 1.84. The zero-order valence-corrected chi connectivity index (χ0v) is 19.6. The van der Waals surface area contributed by atoms with Crippen molar-refractivity contribution in [1.82, 2.24) is 10.1 Å². The SMILES string of the molecule is C=CCOc1ccccc1CN(c1ccc(C)c(C)c1)S(=O)(=O)c1cnc2onc(C)c2c1. The van der Waals surface area contributed by atoms with Gasteiger partial charge in [-0.15, -0.1) is 0 Å². The third kappa shape index (κ3) is 4.47. The topological polar surface area (TPSA) is 85.5 Å². The van der Waals surface area contributed by atoms with Crippen molar-refractivity contribution in [2.45, 2.75) is 32.2 Å². The van der Waals surface area contributed by atoms with Crippen molar-refractivity contribution in [3.8, 4) is 5.75 Å². The first-order valence-corrected chi connectivity index (χ1v) is 11.9. The number of aryl methyl sites for hydroxylation is 3. The van der Waals surface area contributed by atoms with Crippen molar-refractivity contribution >= 4 is 26.8 Å². The number of hydrogen-bond donors (Lipinski definition) is 0. The van der Waals surface area contributed by atoms with E-state index in [0.29, 0.717) is 34.8 Å². The highest BCUT2D eigenvalue weighted by molar-refractivity contribution is 7.92. The van der Waals surface area contributed by atoms with Crippen LogP contribution in [0.4, 0.5) is 5.69 Å². The Morgan fingerprint density at radius 2 is 1.88 bits per heavy atom. The molecule has 2 aromatic heterocycles. The number of sulfonamides is 1. The summed E-state index contributed by atoms with van der Waals surface area (Å²) in [4.78, 5) is 4.23. The number of benzene rings is 2. The maximum absolute atomic E-state index is 13.9. The van der Waals surface area contributed by atoms with Gasteiger partial charge >= 0.3 is 0 Å². The molecule has 8 heteroatoms. The summed E-state index contributed by atoms with van der Waals surface area (Å²) in [6.07, 6.45) is 2.95. The highest BCUT2D eigenvalue weighted by atomic mass is 32.2. The van der Waals surface area contributed by atoms with E-state index in [4.69, 9.17) is 9.26 Å². The van der Waals surface area contributed by atoms with Crippen LogP contribution < -0.4 is 9.04 Å². The highest BCUT2D eigenvalue weighted by Crippen LogP contribution is 2.31. The molecule has 0 fully saturated rings. The Morgan fingerprint density at radius 3 is 2.64 bits per heavy atom. The van der Waals surface area contributed by atoms with Crippen molar-refractivity contribution in [3.63, 3.8) is 0 Å². The number of pyridine rings is 1. The Kier molecular flexibility index (Phi) is 6.20. The van der Waals surface area contributed by atoms with Gasteiger partial charge in [-0.25, -0.2) is 13.4 Å². The van der Waals surface area contributed by atoms with E-state index in [0.717, 1.165) is 16.7 Å². The van der Waals surface area contributed by atoms with Crippen LogP contribution in [0.15, 0.2) is 76.8 Å². The van der Waals surface area contributed by atoms with Gasteiger partial charge in [-0.3, -0.25) is 4.31 Å². The Labute approximate surface area is 193 Å². The molecular formula is C25H25N3O4S. The zero-order chi connectivity index (χ0) is 23.6. The number of para-hydroxylation sites is 1. The van der Waals surface area contributed by atoms with E-state index in [-0.39, 0.29) is 11.4 Å². The number of nitrogens with zero attached hydrogens (tertiary/aromatic N) is 3. The maximum Gasteiger partial charge on any atom is 0.266 e. The lowest BCUT2D eigenvalue weighted by atomic mass is 10.1. The molecule has 2 heterocycles. The van der Waals surface area contributed by atoms with Crippen LogP contribution in [-0.2, 0) is 16.6 Å². The molecule has 4 aromatic rings. The number of ether oxygens (including phenoxy) is 1. The Morgan fingerprint density at radius 1 is 1.09 bits per heavy atom. The minimum atomic E-state index is -3.98. The second kappa shape index (κ2) is 9.07. The van der Waals surface area contributed by atoms with E-state index < -0.39 is 10.0 Å². The predicted molar refractivity (Wildman–Crippen MR) is 128 cm³/mol. The number of rotatable bonds is 8. The van der Waals surface area contributed by atoms with Crippen molar-refractivity contribution in [3.05, 3.63) is 89.8 Å². The molecule has 0 spiro atoms. The minimum Gasteiger partial charge on any atom is -0.489 e. The van der Waals surface area contributed by atoms with E-state index in [9.17, 15) is 8.42 Å². The molecule has 0 bridgehead atoms. The second-order valence-corrected chi connectivity index (χ2v) is 9.64. The first-order chi connectivity index (χ1) is 15.8. The van der Waals surface area contributed by atoms with Gasteiger partial charge in [0.2, 0.25) is 0 Å². The van der Waals surface area contributed by atoms with E-state index in [1.54, 1.807) is 19.1 Å². The molecule has 0 atom stereocenters. The average molecular weight is 464 g/mol. The largest absolute Gasteiger partial charge is 0.489 e. The average Bonchev–Trinajstić information content (AvgIpc) is 3.18. The maximum atomic E-state index is 13.9. The molecule has 0 N–H and O–H groups in total. The lowest BCUT2D eigenvalue weighted by Crippen LogP contribution is -2.31. The van der Waals surface area contributed by atoms with Crippen molar-refractivity contribution in [2.75, 3.05) is 10.9 Å². The van der Waals surface area contributed by atoms with Gasteiger partial charge in [0, 0.05) is 5.56 Å². The van der Waals surface area contributed by atoms with E-state index >= 15 is 0 Å². The molecule has 0 aliphatic heterocycles. The molecule has 0 aliphatic rings. The number of aromatic nitrogens is 2. The normalized spacial score (nSPS) is 11.5. The van der Waals surface area contributed by atoms with Gasteiger partial charge in [-0.05, 0) is 56.2 Å². The molecule has 0 aliphatic carbocycles. The Bertz CT molecular complexity index is 1430. The summed E-state index contributed by atoms with van der Waals surface area (Å²) >= 11 is 0. The molecule has 170 valence electrons. The third-order valence-corrected chi connectivity index (χ3v) is 7.23. The van der Waals surface area contributed by atoms with Crippen LogP contribution in [0.3, 0.4) is 0 Å². The molecule has 0 saturated carbocycles. The summed E-state index contributed by atoms with van der Waals surface area (Å²) in [5.74, 6) is 0.602. The minimum absolute atomic E-state index is 0.0593. The molecule has 0 amide bonds. The van der Waals surface area contributed by atoms with Crippen LogP contribution in [0, 0.1) is 20.8 Å². The van der Waals surface area contributed by atoms with Gasteiger partial charge in [0.1, 0.15) is 17.3 Å². The molecule has 33 heavy (non-hydrogen) atoms. The predicted octanol–water partition coefficient (Wildman–Crippen LogP) is 5.11. The lowest BCUT2D eigenvalue weighted by molar-refractivity contribution is 0.359. The lowest BCUT2D eigenvalue weighted by Gasteiger charge is -2.26. The summed E-state index contributed by atoms with van der Waals surface area (Å²) in [5, 5.41) is 4.44. The van der Waals surface area contributed by atoms with Gasteiger partial charge in [0.15, 0.2) is 0 Å². The monoisotopic (exact) mass is 463 g/mol. The summed E-state index contributed by atoms with van der Waals surface area (Å²) in [6, 6.07) is 14.5. The van der Waals surface area contributed by atoms with Crippen molar-refractivity contribution in [1.29, 1.82) is 0 Å². The summed E-state index contributed by atoms with van der Waals surface area (Å²) in [7, 11) is -3.98. The van der Waals surface area contributed by atoms with E-state index in [2.05, 4.69) is 16.7 Å². The number of fused-ring (bicyclic) bond motifs is 1. The zero-order valence-electron chi connectivity index (χ0n) is 18.8. The summed E-state index contributed by atoms with van der Waals surface area (Å²) in [6.45, 7) is 9.78. The fraction of sp³-hybridized carbons (Fsp3) is 0.200. The quantitative estimate of drug-likeness (QED) is 0.338. The molecule has 2 aromatic carbocycles. The van der Waals surface area contributed by atoms with Crippen LogP contribution >= 0.6 is 0 Å². The van der Waals surface area contributed by atoms with Crippen molar-refractivity contribution < 1.29 is 17.7 Å². The van der Waals surface area contributed by atoms with Crippen LogP contribution in [0.1, 0.15) is 22.4 Å². The molecule has 7 nitrogen and oxygen atoms in total. The van der Waals surface area contributed by atoms with Gasteiger partial charge in [-0.1, -0.05) is 42.1 Å². The van der Waals surface area contributed by atoms with Crippen LogP contribution in [0.5, 0.6) is 5.75 Å². The van der Waals surface area contributed by atoms with Crippen LogP contribution in [0.25, 0.3) is 11.1 Å². The molecule has 0 radical (unpaired) electrons. The fourth-order valence-electron chi connectivity index (χ4n) is 3.47. The fourth-order valence-corrected chi connectivity index (χ4v) is 4.88. The van der Waals surface area contributed by atoms with Crippen LogP contribution in [-0.4, -0.2) is 25.2 Å². The van der Waals surface area contributed by atoms with Gasteiger partial charge in [0.05, 0.1) is 29.5 Å². The van der Waals surface area contributed by atoms with Gasteiger partial charge < -0.3 is 9.26 Å². The first-order valence-electron chi connectivity index (χ1n) is 10.4. The van der Waals surface area contributed by atoms with E-state index in [1.807, 2.05) is 56.3 Å². The number of hydrogen-bond acceptors (Lipinski definition) is 6. The third-order valence-electron chi connectivity index (χ3n) is 5.49. The molecule has 4 rings (SSSR count). The molecule has 0 unspecified atom stereocenters. The summed E-state index contributed by atoms with van der Waals surface area (Å²) in [5.41, 5.74) is 4.24. The standard InChI is InChI=1S/C25H25N3O4S/c1-5-12-31-24-9-7-6-8-20(24)16-28(21-11-10-17(2)18(3)13-21)33(29,30)22-14-23-19(4)27-32-25(23)26-15-22/h5-11,13-15H,1,12,16H2,2-4H3. The molecular weight excluding hydrogens is 438 g/mol. The van der Waals surface area contributed by atoms with Gasteiger partial charge in [0.25, 0.3) is 15.7 Å². The van der Waals surface area contributed by atoms with Gasteiger partial charge in [-0.2, -0.15) is 0 Å². The Hall–Kier alpha value is -3.65. The summed E-state index contributed by atoms with van der Waals surface area (Å²) < 4.78 is 40.1. The molecule has 0 saturated heterocycles. The van der Waals surface area contributed by atoms with Crippen LogP contribution in [0.2, 0.25) is 0 Å². The smallest absolute Gasteiger partial charge is 0.266 e. The first kappa shape index (κ1) is 22.5. The highest BCUT2D eigenvalue weighted by Gasteiger charge is 2.28. The van der Waals surface area contributed by atoms with Crippen molar-refractivity contribution in [2.24, 2.45) is 0 Å².